The summed E-state index contributed by atoms with van der Waals surface area (Å²) < 4.78 is 0. The molecule has 8 nitrogen and oxygen atoms in total. The zero-order valence-corrected chi connectivity index (χ0v) is 12.6. The summed E-state index contributed by atoms with van der Waals surface area (Å²) in [6.45, 7) is 4.35. The van der Waals surface area contributed by atoms with Crippen molar-refractivity contribution in [3.63, 3.8) is 0 Å². The molecular weight excluding hydrogens is 288 g/mol. The van der Waals surface area contributed by atoms with Gasteiger partial charge in [-0.3, -0.25) is 14.7 Å². The highest BCUT2D eigenvalue weighted by atomic mass is 16.4. The van der Waals surface area contributed by atoms with Crippen molar-refractivity contribution in [1.82, 2.24) is 20.4 Å². The number of aliphatic hydroxyl groups excluding tert-OH is 1. The van der Waals surface area contributed by atoms with E-state index < -0.39 is 5.97 Å². The van der Waals surface area contributed by atoms with Gasteiger partial charge in [-0.2, -0.15) is 5.10 Å². The van der Waals surface area contributed by atoms with Crippen LogP contribution in [0.15, 0.2) is 12.3 Å². The van der Waals surface area contributed by atoms with Gasteiger partial charge in [0.2, 0.25) is 5.91 Å². The van der Waals surface area contributed by atoms with E-state index in [9.17, 15) is 9.90 Å². The number of nitrogens with zero attached hydrogens (tertiary/aromatic N) is 2. The molecule has 0 aliphatic carbocycles. The maximum absolute atomic E-state index is 12.2. The minimum absolute atomic E-state index is 0.112. The molecule has 2 saturated heterocycles. The average molecular weight is 310 g/mol. The Morgan fingerprint density at radius 3 is 2.82 bits per heavy atom. The predicted molar refractivity (Wildman–Crippen MR) is 78.1 cm³/mol. The Balaban J connectivity index is 0.000000396. The lowest BCUT2D eigenvalue weighted by Crippen LogP contribution is -2.38. The molecule has 0 bridgehead atoms. The number of hydrogen-bond donors (Lipinski definition) is 4. The number of carbonyl (C=O) groups is 2. The van der Waals surface area contributed by atoms with Crippen LogP contribution in [0, 0.1) is 11.3 Å². The van der Waals surface area contributed by atoms with Crippen LogP contribution < -0.4 is 5.32 Å². The van der Waals surface area contributed by atoms with Crippen LogP contribution in [-0.2, 0) is 16.0 Å². The standard InChI is InChI=1S/C12H18N4O2.C2H4O2/c17-8-12-6-13-4-9(12)5-16(7-12)11(18)3-10-1-2-14-15-10;1-2(3)4/h1-2,9,13,17H,3-8H2,(H,14,15);1H3,(H,3,4). The fourth-order valence-electron chi connectivity index (χ4n) is 3.09. The Hall–Kier alpha value is -1.93. The summed E-state index contributed by atoms with van der Waals surface area (Å²) in [4.78, 5) is 23.1. The molecule has 2 aliphatic heterocycles. The molecule has 0 radical (unpaired) electrons. The molecule has 4 N–H and O–H groups in total. The third-order valence-electron chi connectivity index (χ3n) is 4.25. The number of aliphatic carboxylic acids is 1. The van der Waals surface area contributed by atoms with Crippen molar-refractivity contribution in [1.29, 1.82) is 0 Å². The lowest BCUT2D eigenvalue weighted by molar-refractivity contribution is -0.134. The first-order valence-corrected chi connectivity index (χ1v) is 7.24. The highest BCUT2D eigenvalue weighted by Crippen LogP contribution is 2.38. The molecule has 8 heteroatoms. The second-order valence-electron chi connectivity index (χ2n) is 5.90. The summed E-state index contributed by atoms with van der Waals surface area (Å²) in [6, 6.07) is 1.82. The zero-order valence-electron chi connectivity index (χ0n) is 12.6. The van der Waals surface area contributed by atoms with Crippen molar-refractivity contribution < 1.29 is 19.8 Å². The van der Waals surface area contributed by atoms with Gasteiger partial charge < -0.3 is 20.4 Å². The van der Waals surface area contributed by atoms with Crippen molar-refractivity contribution in [2.24, 2.45) is 11.3 Å². The lowest BCUT2D eigenvalue weighted by atomic mass is 9.82. The van der Waals surface area contributed by atoms with Gasteiger partial charge in [0.25, 0.3) is 5.97 Å². The SMILES string of the molecule is CC(=O)O.O=C(Cc1ccn[nH]1)N1CC2CNCC2(CO)C1. The number of carbonyl (C=O) groups excluding carboxylic acids is 1. The summed E-state index contributed by atoms with van der Waals surface area (Å²) in [7, 11) is 0. The number of carboxylic acid groups (broad SMARTS) is 1. The van der Waals surface area contributed by atoms with Crippen LogP contribution in [0.4, 0.5) is 0 Å². The average Bonchev–Trinajstić information content (AvgIpc) is 3.12. The number of aliphatic hydroxyl groups is 1. The molecule has 2 atom stereocenters. The second-order valence-corrected chi connectivity index (χ2v) is 5.90. The predicted octanol–water partition coefficient (Wildman–Crippen LogP) is -0.917. The number of aromatic amines is 1. The summed E-state index contributed by atoms with van der Waals surface area (Å²) in [5.41, 5.74) is 0.720. The third-order valence-corrected chi connectivity index (χ3v) is 4.25. The molecule has 3 rings (SSSR count). The maximum atomic E-state index is 12.2. The smallest absolute Gasteiger partial charge is 0.300 e. The summed E-state index contributed by atoms with van der Waals surface area (Å²) in [5.74, 6) is -0.338. The van der Waals surface area contributed by atoms with E-state index in [-0.39, 0.29) is 17.9 Å². The Morgan fingerprint density at radius 2 is 2.27 bits per heavy atom. The Kier molecular flexibility index (Phi) is 5.15. The van der Waals surface area contributed by atoms with Gasteiger partial charge in [0.05, 0.1) is 13.0 Å². The van der Waals surface area contributed by atoms with Crippen LogP contribution in [0.25, 0.3) is 0 Å². The summed E-state index contributed by atoms with van der Waals surface area (Å²) in [6.07, 6.45) is 2.02. The van der Waals surface area contributed by atoms with Gasteiger partial charge in [0.15, 0.2) is 0 Å². The van der Waals surface area contributed by atoms with Gasteiger partial charge in [-0.15, -0.1) is 0 Å². The molecule has 2 fully saturated rings. The van der Waals surface area contributed by atoms with Gasteiger partial charge in [-0.1, -0.05) is 0 Å². The topological polar surface area (TPSA) is 119 Å². The summed E-state index contributed by atoms with van der Waals surface area (Å²) >= 11 is 0. The van der Waals surface area contributed by atoms with Crippen LogP contribution >= 0.6 is 0 Å². The zero-order chi connectivity index (χ0) is 16.2. The van der Waals surface area contributed by atoms with Crippen molar-refractivity contribution >= 4 is 11.9 Å². The molecule has 3 heterocycles. The monoisotopic (exact) mass is 310 g/mol. The van der Waals surface area contributed by atoms with Gasteiger partial charge in [-0.05, 0) is 12.0 Å². The van der Waals surface area contributed by atoms with Crippen molar-refractivity contribution in [3.8, 4) is 0 Å². The van der Waals surface area contributed by atoms with E-state index in [1.165, 1.54) is 0 Å². The van der Waals surface area contributed by atoms with Crippen LogP contribution in [0.5, 0.6) is 0 Å². The van der Waals surface area contributed by atoms with Crippen molar-refractivity contribution in [2.75, 3.05) is 32.8 Å². The molecule has 0 aromatic carbocycles. The number of carboxylic acids is 1. The first kappa shape index (κ1) is 16.4. The lowest BCUT2D eigenvalue weighted by Gasteiger charge is -2.25. The molecule has 1 aromatic rings. The number of H-pyrrole nitrogens is 1. The first-order valence-electron chi connectivity index (χ1n) is 7.24. The largest absolute Gasteiger partial charge is 0.481 e. The molecule has 1 amide bonds. The molecular formula is C14H22N4O4. The highest BCUT2D eigenvalue weighted by molar-refractivity contribution is 5.78. The number of likely N-dealkylation sites (tertiary alicyclic amines) is 1. The van der Waals surface area contributed by atoms with E-state index in [4.69, 9.17) is 9.90 Å². The second kappa shape index (κ2) is 6.89. The molecule has 2 unspecified atom stereocenters. The van der Waals surface area contributed by atoms with Gasteiger partial charge in [-0.25, -0.2) is 0 Å². The van der Waals surface area contributed by atoms with Crippen molar-refractivity contribution in [3.05, 3.63) is 18.0 Å². The van der Waals surface area contributed by atoms with Crippen molar-refractivity contribution in [2.45, 2.75) is 13.3 Å². The quantitative estimate of drug-likeness (QED) is 0.573. The molecule has 22 heavy (non-hydrogen) atoms. The molecule has 0 spiro atoms. The number of amides is 1. The molecule has 2 aliphatic rings. The third kappa shape index (κ3) is 3.63. The first-order chi connectivity index (χ1) is 10.5. The minimum atomic E-state index is -0.833. The summed E-state index contributed by atoms with van der Waals surface area (Å²) in [5, 5.41) is 27.0. The Morgan fingerprint density at radius 1 is 1.55 bits per heavy atom. The number of rotatable bonds is 3. The number of fused-ring (bicyclic) bond motifs is 1. The van der Waals surface area contributed by atoms with Crippen LogP contribution in [-0.4, -0.2) is 70.0 Å². The minimum Gasteiger partial charge on any atom is -0.481 e. The van der Waals surface area contributed by atoms with E-state index in [0.717, 1.165) is 32.3 Å². The Bertz CT molecular complexity index is 515. The maximum Gasteiger partial charge on any atom is 0.300 e. The number of nitrogens with one attached hydrogen (secondary N) is 2. The van der Waals surface area contributed by atoms with E-state index in [2.05, 4.69) is 15.5 Å². The van der Waals surface area contributed by atoms with Crippen LogP contribution in [0.2, 0.25) is 0 Å². The highest BCUT2D eigenvalue weighted by Gasteiger charge is 2.50. The molecule has 0 saturated carbocycles. The van der Waals surface area contributed by atoms with E-state index >= 15 is 0 Å². The van der Waals surface area contributed by atoms with Gasteiger partial charge >= 0.3 is 0 Å². The van der Waals surface area contributed by atoms with Gasteiger partial charge in [0, 0.05) is 50.4 Å². The number of hydrogen-bond acceptors (Lipinski definition) is 5. The van der Waals surface area contributed by atoms with E-state index in [1.807, 2.05) is 11.0 Å². The number of aromatic nitrogens is 2. The van der Waals surface area contributed by atoms with Gasteiger partial charge in [0.1, 0.15) is 0 Å². The molecule has 122 valence electrons. The Labute approximate surface area is 128 Å². The van der Waals surface area contributed by atoms with Crippen LogP contribution in [0.1, 0.15) is 12.6 Å². The van der Waals surface area contributed by atoms with E-state index in [1.54, 1.807) is 6.20 Å². The van der Waals surface area contributed by atoms with E-state index in [0.29, 0.717) is 18.9 Å². The fourth-order valence-corrected chi connectivity index (χ4v) is 3.09. The normalized spacial score (nSPS) is 26.3. The molecule has 1 aromatic heterocycles. The van der Waals surface area contributed by atoms with Crippen LogP contribution in [0.3, 0.4) is 0 Å². The fraction of sp³-hybridized carbons (Fsp3) is 0.643.